The number of hydrogen-bond acceptors (Lipinski definition) is 6. The molecule has 0 radical (unpaired) electrons. The number of para-hydroxylation sites is 1. The zero-order valence-electron chi connectivity index (χ0n) is 24.5. The van der Waals surface area contributed by atoms with Crippen LogP contribution < -0.4 is 14.5 Å². The molecule has 0 atom stereocenters. The Bertz CT molecular complexity index is 1600. The van der Waals surface area contributed by atoms with E-state index in [0.29, 0.717) is 42.1 Å². The number of hydrogen-bond donors (Lipinski definition) is 0. The Hall–Kier alpha value is -4.01. The standard InChI is InChI=1S/C33H35ClN6O2/c1-21-6-5-7-22(2)31(21)39-20-26-18-35-29(37-32(26)40(33(39)41)30-11-10-27(42-4)19-36-30)17-25-9-8-24(16-28(25)34)23-12-14-38(3)15-13-23/h5-11,16,18-19,23H,12-15,17,20H2,1-4H3. The van der Waals surface area contributed by atoms with E-state index in [1.807, 2.05) is 38.2 Å². The Kier molecular flexibility index (Phi) is 7.84. The summed E-state index contributed by atoms with van der Waals surface area (Å²) in [5.41, 5.74) is 6.00. The number of aryl methyl sites for hydroxylation is 2. The number of carbonyl (C=O) groups excluding carboxylic acids is 1. The molecule has 0 saturated carbocycles. The van der Waals surface area contributed by atoms with Crippen LogP contribution in [0.5, 0.6) is 5.75 Å². The van der Waals surface area contributed by atoms with Gasteiger partial charge >= 0.3 is 6.03 Å². The second kappa shape index (κ2) is 11.7. The van der Waals surface area contributed by atoms with E-state index in [1.165, 1.54) is 5.56 Å². The van der Waals surface area contributed by atoms with E-state index in [1.54, 1.807) is 35.2 Å². The summed E-state index contributed by atoms with van der Waals surface area (Å²) in [5.74, 6) is 2.72. The summed E-state index contributed by atoms with van der Waals surface area (Å²) in [4.78, 5) is 34.1. The average molecular weight is 583 g/mol. The third-order valence-corrected chi connectivity index (χ3v) is 8.72. The van der Waals surface area contributed by atoms with Gasteiger partial charge in [-0.3, -0.25) is 4.90 Å². The molecule has 0 aliphatic carbocycles. The fourth-order valence-corrected chi connectivity index (χ4v) is 6.24. The summed E-state index contributed by atoms with van der Waals surface area (Å²) in [7, 11) is 3.76. The lowest BCUT2D eigenvalue weighted by atomic mass is 9.89. The molecule has 1 fully saturated rings. The molecule has 8 nitrogen and oxygen atoms in total. The second-order valence-electron chi connectivity index (χ2n) is 11.2. The zero-order chi connectivity index (χ0) is 29.4. The van der Waals surface area contributed by atoms with Gasteiger partial charge in [0.05, 0.1) is 25.5 Å². The highest BCUT2D eigenvalue weighted by Crippen LogP contribution is 2.38. The van der Waals surface area contributed by atoms with Crippen LogP contribution in [0.1, 0.15) is 52.4 Å². The highest BCUT2D eigenvalue weighted by molar-refractivity contribution is 6.31. The highest BCUT2D eigenvalue weighted by Gasteiger charge is 2.36. The van der Waals surface area contributed by atoms with Crippen molar-refractivity contribution in [3.05, 3.63) is 99.6 Å². The molecule has 2 amide bonds. The molecule has 6 rings (SSSR count). The van der Waals surface area contributed by atoms with Crippen molar-refractivity contribution in [3.63, 3.8) is 0 Å². The van der Waals surface area contributed by atoms with Gasteiger partial charge in [-0.15, -0.1) is 0 Å². The van der Waals surface area contributed by atoms with Crippen LogP contribution in [-0.2, 0) is 13.0 Å². The van der Waals surface area contributed by atoms with Gasteiger partial charge in [0.25, 0.3) is 0 Å². The van der Waals surface area contributed by atoms with E-state index in [0.717, 1.165) is 58.9 Å². The predicted octanol–water partition coefficient (Wildman–Crippen LogP) is 6.83. The molecule has 42 heavy (non-hydrogen) atoms. The third kappa shape index (κ3) is 5.44. The van der Waals surface area contributed by atoms with Crippen molar-refractivity contribution < 1.29 is 9.53 Å². The summed E-state index contributed by atoms with van der Waals surface area (Å²) in [5, 5.41) is 0.721. The van der Waals surface area contributed by atoms with Crippen molar-refractivity contribution in [2.45, 2.75) is 45.6 Å². The summed E-state index contributed by atoms with van der Waals surface area (Å²) < 4.78 is 5.31. The van der Waals surface area contributed by atoms with Gasteiger partial charge in [0.1, 0.15) is 17.4 Å². The number of anilines is 3. The van der Waals surface area contributed by atoms with Crippen molar-refractivity contribution in [3.8, 4) is 5.75 Å². The number of aromatic nitrogens is 3. The summed E-state index contributed by atoms with van der Waals surface area (Å²) >= 11 is 6.80. The molecule has 4 heterocycles. The molecule has 0 N–H and O–H groups in total. The predicted molar refractivity (Wildman–Crippen MR) is 166 cm³/mol. The third-order valence-electron chi connectivity index (χ3n) is 8.36. The van der Waals surface area contributed by atoms with Crippen molar-refractivity contribution in [2.75, 3.05) is 37.0 Å². The maximum atomic E-state index is 14.2. The van der Waals surface area contributed by atoms with E-state index in [9.17, 15) is 4.79 Å². The van der Waals surface area contributed by atoms with Crippen LogP contribution in [0.3, 0.4) is 0 Å². The number of urea groups is 1. The SMILES string of the molecule is COc1ccc(N2C(=O)N(c3c(C)cccc3C)Cc3cnc(Cc4ccc(C5CCN(C)CC5)cc4Cl)nc32)nc1. The van der Waals surface area contributed by atoms with Gasteiger partial charge < -0.3 is 9.64 Å². The molecular weight excluding hydrogens is 548 g/mol. The Morgan fingerprint density at radius 2 is 1.76 bits per heavy atom. The minimum absolute atomic E-state index is 0.220. The minimum Gasteiger partial charge on any atom is -0.495 e. The smallest absolute Gasteiger partial charge is 0.336 e. The maximum Gasteiger partial charge on any atom is 0.336 e. The number of fused-ring (bicyclic) bond motifs is 1. The number of benzene rings is 2. The monoisotopic (exact) mass is 582 g/mol. The first kappa shape index (κ1) is 28.1. The fraction of sp³-hybridized carbons (Fsp3) is 0.333. The van der Waals surface area contributed by atoms with Gasteiger partial charge in [0, 0.05) is 23.2 Å². The number of nitrogens with zero attached hydrogens (tertiary/aromatic N) is 6. The first-order valence-electron chi connectivity index (χ1n) is 14.3. The van der Waals surface area contributed by atoms with Crippen LogP contribution >= 0.6 is 11.6 Å². The number of halogens is 1. The first-order valence-corrected chi connectivity index (χ1v) is 14.7. The van der Waals surface area contributed by atoms with E-state index in [-0.39, 0.29) is 6.03 Å². The van der Waals surface area contributed by atoms with Crippen molar-refractivity contribution in [1.82, 2.24) is 19.9 Å². The van der Waals surface area contributed by atoms with E-state index < -0.39 is 0 Å². The molecule has 2 aliphatic heterocycles. The van der Waals surface area contributed by atoms with E-state index >= 15 is 0 Å². The topological polar surface area (TPSA) is 74.7 Å². The number of methoxy groups -OCH3 is 1. The van der Waals surface area contributed by atoms with Crippen molar-refractivity contribution >= 4 is 35.0 Å². The van der Waals surface area contributed by atoms with Crippen LogP contribution in [0.25, 0.3) is 0 Å². The molecule has 0 bridgehead atoms. The van der Waals surface area contributed by atoms with Gasteiger partial charge in [-0.05, 0) is 93.2 Å². The molecular formula is C33H35ClN6O2. The molecule has 0 unspecified atom stereocenters. The molecule has 1 saturated heterocycles. The summed E-state index contributed by atoms with van der Waals surface area (Å²) in [6, 6.07) is 15.8. The lowest BCUT2D eigenvalue weighted by Gasteiger charge is -2.36. The molecule has 9 heteroatoms. The van der Waals surface area contributed by atoms with Crippen molar-refractivity contribution in [2.24, 2.45) is 0 Å². The maximum absolute atomic E-state index is 14.2. The van der Waals surface area contributed by atoms with Gasteiger partial charge in [0.2, 0.25) is 0 Å². The zero-order valence-corrected chi connectivity index (χ0v) is 25.2. The quantitative estimate of drug-likeness (QED) is 0.248. The lowest BCUT2D eigenvalue weighted by molar-refractivity contribution is 0.252. The Balaban J connectivity index is 1.34. The molecule has 2 aromatic carbocycles. The number of carbonyl (C=O) groups is 1. The minimum atomic E-state index is -0.220. The van der Waals surface area contributed by atoms with E-state index in [2.05, 4.69) is 35.1 Å². The molecule has 4 aromatic rings. The van der Waals surface area contributed by atoms with Gasteiger partial charge in [-0.2, -0.15) is 0 Å². The normalized spacial score (nSPS) is 16.1. The van der Waals surface area contributed by atoms with Crippen molar-refractivity contribution in [1.29, 1.82) is 0 Å². The van der Waals surface area contributed by atoms with Crippen LogP contribution in [0.15, 0.2) is 60.9 Å². The van der Waals surface area contributed by atoms with Gasteiger partial charge in [0.15, 0.2) is 5.82 Å². The molecule has 2 aromatic heterocycles. The summed E-state index contributed by atoms with van der Waals surface area (Å²) in [6.07, 6.45) is 6.17. The van der Waals surface area contributed by atoms with Gasteiger partial charge in [-0.1, -0.05) is 41.9 Å². The second-order valence-corrected chi connectivity index (χ2v) is 11.6. The highest BCUT2D eigenvalue weighted by atomic mass is 35.5. The van der Waals surface area contributed by atoms with Crippen LogP contribution in [-0.4, -0.2) is 53.1 Å². The van der Waals surface area contributed by atoms with Gasteiger partial charge in [-0.25, -0.2) is 24.6 Å². The fourth-order valence-electron chi connectivity index (χ4n) is 5.98. The molecule has 0 spiro atoms. The number of ether oxygens (including phenoxy) is 1. The first-order chi connectivity index (χ1) is 20.3. The Morgan fingerprint density at radius 3 is 2.43 bits per heavy atom. The number of likely N-dealkylation sites (tertiary alicyclic amines) is 1. The summed E-state index contributed by atoms with van der Waals surface area (Å²) in [6.45, 7) is 6.60. The number of rotatable bonds is 6. The molecule has 2 aliphatic rings. The van der Waals surface area contributed by atoms with Crippen LogP contribution in [0.2, 0.25) is 5.02 Å². The lowest BCUT2D eigenvalue weighted by Crippen LogP contribution is -2.46. The Labute approximate surface area is 251 Å². The largest absolute Gasteiger partial charge is 0.495 e. The molecule has 216 valence electrons. The van der Waals surface area contributed by atoms with E-state index in [4.69, 9.17) is 26.3 Å². The Morgan fingerprint density at radius 1 is 1.00 bits per heavy atom. The number of pyridine rings is 1. The number of piperidine rings is 1. The number of amides is 2. The average Bonchev–Trinajstić information content (AvgIpc) is 2.99. The van der Waals surface area contributed by atoms with Crippen LogP contribution in [0, 0.1) is 13.8 Å². The van der Waals surface area contributed by atoms with Crippen LogP contribution in [0.4, 0.5) is 22.1 Å².